The predicted molar refractivity (Wildman–Crippen MR) is 76.2 cm³/mol. The molecule has 0 radical (unpaired) electrons. The summed E-state index contributed by atoms with van der Waals surface area (Å²) in [4.78, 5) is 0. The van der Waals surface area contributed by atoms with Crippen molar-refractivity contribution < 1.29 is 8.42 Å². The van der Waals surface area contributed by atoms with Gasteiger partial charge in [0, 0.05) is 12.6 Å². The van der Waals surface area contributed by atoms with Crippen molar-refractivity contribution in [3.05, 3.63) is 35.4 Å². The average Bonchev–Trinajstić information content (AvgIpc) is 3.27. The van der Waals surface area contributed by atoms with Crippen molar-refractivity contribution in [1.29, 1.82) is 5.26 Å². The first-order chi connectivity index (χ1) is 9.58. The zero-order valence-electron chi connectivity index (χ0n) is 11.3. The summed E-state index contributed by atoms with van der Waals surface area (Å²) in [5.74, 6) is 0.571. The summed E-state index contributed by atoms with van der Waals surface area (Å²) in [6, 6.07) is 9.15. The number of rotatable bonds is 6. The maximum Gasteiger partial charge on any atom is 0.218 e. The SMILES string of the molecule is N#Cc1cccc(CS(=O)(=O)N(CC2CC2)C2CC2)c1. The van der Waals surface area contributed by atoms with Crippen LogP contribution in [0.3, 0.4) is 0 Å². The van der Waals surface area contributed by atoms with Crippen LogP contribution in [0.1, 0.15) is 36.8 Å². The Morgan fingerprint density at radius 3 is 2.60 bits per heavy atom. The highest BCUT2D eigenvalue weighted by Gasteiger charge is 2.40. The van der Waals surface area contributed by atoms with Crippen LogP contribution >= 0.6 is 0 Å². The molecule has 3 rings (SSSR count). The van der Waals surface area contributed by atoms with Gasteiger partial charge < -0.3 is 0 Å². The Labute approximate surface area is 120 Å². The van der Waals surface area contributed by atoms with Gasteiger partial charge in [0.05, 0.1) is 17.4 Å². The molecule has 0 saturated heterocycles. The van der Waals surface area contributed by atoms with E-state index in [0.717, 1.165) is 25.7 Å². The predicted octanol–water partition coefficient (Wildman–Crippen LogP) is 2.26. The molecule has 0 heterocycles. The molecule has 0 bridgehead atoms. The van der Waals surface area contributed by atoms with Crippen LogP contribution in [0.4, 0.5) is 0 Å². The second kappa shape index (κ2) is 5.19. The van der Waals surface area contributed by atoms with Gasteiger partial charge in [0.2, 0.25) is 10.0 Å². The van der Waals surface area contributed by atoms with Crippen molar-refractivity contribution >= 4 is 10.0 Å². The fraction of sp³-hybridized carbons (Fsp3) is 0.533. The van der Waals surface area contributed by atoms with E-state index in [9.17, 15) is 8.42 Å². The third-order valence-electron chi connectivity index (χ3n) is 3.85. The van der Waals surface area contributed by atoms with E-state index in [1.807, 2.05) is 0 Å². The minimum Gasteiger partial charge on any atom is -0.212 e. The molecular weight excluding hydrogens is 272 g/mol. The van der Waals surface area contributed by atoms with Gasteiger partial charge in [0.15, 0.2) is 0 Å². The Morgan fingerprint density at radius 2 is 2.00 bits per heavy atom. The van der Waals surface area contributed by atoms with E-state index in [4.69, 9.17) is 5.26 Å². The van der Waals surface area contributed by atoms with E-state index in [2.05, 4.69) is 6.07 Å². The minimum atomic E-state index is -3.27. The molecule has 0 atom stereocenters. The van der Waals surface area contributed by atoms with Crippen molar-refractivity contribution in [2.45, 2.75) is 37.5 Å². The number of nitrogens with zero attached hydrogens (tertiary/aromatic N) is 2. The number of benzene rings is 1. The van der Waals surface area contributed by atoms with Crippen molar-refractivity contribution in [1.82, 2.24) is 4.31 Å². The molecule has 5 heteroatoms. The van der Waals surface area contributed by atoms with Crippen LogP contribution in [0.5, 0.6) is 0 Å². The van der Waals surface area contributed by atoms with E-state index in [0.29, 0.717) is 23.6 Å². The number of sulfonamides is 1. The van der Waals surface area contributed by atoms with Crippen molar-refractivity contribution in [2.24, 2.45) is 5.92 Å². The van der Waals surface area contributed by atoms with Gasteiger partial charge in [-0.3, -0.25) is 0 Å². The molecule has 0 aromatic heterocycles. The molecule has 106 valence electrons. The molecule has 2 fully saturated rings. The first-order valence-electron chi connectivity index (χ1n) is 7.07. The first-order valence-corrected chi connectivity index (χ1v) is 8.68. The monoisotopic (exact) mass is 290 g/mol. The molecule has 0 N–H and O–H groups in total. The molecule has 20 heavy (non-hydrogen) atoms. The lowest BCUT2D eigenvalue weighted by Gasteiger charge is -2.21. The molecule has 2 aliphatic rings. The molecule has 1 aromatic rings. The summed E-state index contributed by atoms with van der Waals surface area (Å²) >= 11 is 0. The quantitative estimate of drug-likeness (QED) is 0.807. The highest BCUT2D eigenvalue weighted by molar-refractivity contribution is 7.88. The van der Waals surface area contributed by atoms with E-state index in [1.165, 1.54) is 0 Å². The molecular formula is C15H18N2O2S. The van der Waals surface area contributed by atoms with Gasteiger partial charge in [-0.1, -0.05) is 12.1 Å². The Balaban J connectivity index is 1.77. The van der Waals surface area contributed by atoms with Gasteiger partial charge in [0.25, 0.3) is 0 Å². The molecule has 0 spiro atoms. The molecule has 0 aliphatic heterocycles. The van der Waals surface area contributed by atoms with E-state index in [-0.39, 0.29) is 11.8 Å². The van der Waals surface area contributed by atoms with Crippen LogP contribution in [0, 0.1) is 17.2 Å². The maximum atomic E-state index is 12.6. The smallest absolute Gasteiger partial charge is 0.212 e. The van der Waals surface area contributed by atoms with E-state index < -0.39 is 10.0 Å². The maximum absolute atomic E-state index is 12.6. The van der Waals surface area contributed by atoms with Gasteiger partial charge in [-0.05, 0) is 49.3 Å². The summed E-state index contributed by atoms with van der Waals surface area (Å²) in [6.07, 6.45) is 4.29. The lowest BCUT2D eigenvalue weighted by atomic mass is 10.2. The number of hydrogen-bond acceptors (Lipinski definition) is 3. The fourth-order valence-corrected chi connectivity index (χ4v) is 4.30. The Bertz CT molecular complexity index is 640. The summed E-state index contributed by atoms with van der Waals surface area (Å²) in [5.41, 5.74) is 1.21. The van der Waals surface area contributed by atoms with Gasteiger partial charge in [-0.2, -0.15) is 9.57 Å². The Hall–Kier alpha value is -1.38. The molecule has 1 aromatic carbocycles. The van der Waals surface area contributed by atoms with Gasteiger partial charge >= 0.3 is 0 Å². The van der Waals surface area contributed by atoms with Crippen LogP contribution in [0.15, 0.2) is 24.3 Å². The van der Waals surface area contributed by atoms with Gasteiger partial charge in [0.1, 0.15) is 0 Å². The molecule has 2 aliphatic carbocycles. The molecule has 4 nitrogen and oxygen atoms in total. The largest absolute Gasteiger partial charge is 0.218 e. The minimum absolute atomic E-state index is 0.00569. The molecule has 2 saturated carbocycles. The zero-order valence-corrected chi connectivity index (χ0v) is 12.1. The van der Waals surface area contributed by atoms with Crippen molar-refractivity contribution in [3.63, 3.8) is 0 Å². The highest BCUT2D eigenvalue weighted by atomic mass is 32.2. The van der Waals surface area contributed by atoms with Crippen molar-refractivity contribution in [3.8, 4) is 6.07 Å². The van der Waals surface area contributed by atoms with E-state index >= 15 is 0 Å². The third-order valence-corrected chi connectivity index (χ3v) is 5.71. The molecule has 0 unspecified atom stereocenters. The van der Waals surface area contributed by atoms with E-state index in [1.54, 1.807) is 28.6 Å². The van der Waals surface area contributed by atoms with Crippen LogP contribution < -0.4 is 0 Å². The van der Waals surface area contributed by atoms with Crippen LogP contribution in [0.25, 0.3) is 0 Å². The van der Waals surface area contributed by atoms with Gasteiger partial charge in [-0.15, -0.1) is 0 Å². The number of hydrogen-bond donors (Lipinski definition) is 0. The Kier molecular flexibility index (Phi) is 3.53. The standard InChI is InChI=1S/C15H18N2O2S/c16-9-13-2-1-3-14(8-13)11-20(18,19)17(15-6-7-15)10-12-4-5-12/h1-3,8,12,15H,4-7,10-11H2. The third kappa shape index (κ3) is 3.20. The number of nitriles is 1. The summed E-state index contributed by atoms with van der Waals surface area (Å²) in [6.45, 7) is 0.685. The summed E-state index contributed by atoms with van der Waals surface area (Å²) in [5, 5.41) is 8.89. The van der Waals surface area contributed by atoms with Crippen LogP contribution in [-0.2, 0) is 15.8 Å². The lowest BCUT2D eigenvalue weighted by Crippen LogP contribution is -2.35. The fourth-order valence-electron chi connectivity index (χ4n) is 2.43. The molecule has 0 amide bonds. The zero-order chi connectivity index (χ0) is 14.2. The lowest BCUT2D eigenvalue weighted by molar-refractivity contribution is 0.388. The highest BCUT2D eigenvalue weighted by Crippen LogP contribution is 2.37. The first kappa shape index (κ1) is 13.6. The summed E-state index contributed by atoms with van der Waals surface area (Å²) in [7, 11) is -3.27. The van der Waals surface area contributed by atoms with Gasteiger partial charge in [-0.25, -0.2) is 8.42 Å². The average molecular weight is 290 g/mol. The van der Waals surface area contributed by atoms with Crippen molar-refractivity contribution in [2.75, 3.05) is 6.54 Å². The topological polar surface area (TPSA) is 61.2 Å². The normalized spacial score (nSPS) is 19.0. The van der Waals surface area contributed by atoms with Crippen LogP contribution in [-0.4, -0.2) is 25.3 Å². The second-order valence-electron chi connectivity index (χ2n) is 5.81. The summed E-state index contributed by atoms with van der Waals surface area (Å²) < 4.78 is 26.9. The second-order valence-corrected chi connectivity index (χ2v) is 7.73. The van der Waals surface area contributed by atoms with Crippen LogP contribution in [0.2, 0.25) is 0 Å². The Morgan fingerprint density at radius 1 is 1.25 bits per heavy atom.